The Kier molecular flexibility index (Phi) is 6.66. The number of sulfonamides is 1. The van der Waals surface area contributed by atoms with Gasteiger partial charge < -0.3 is 11.1 Å². The zero-order chi connectivity index (χ0) is 19.6. The second kappa shape index (κ2) is 7.76. The standard InChI is InChI=1S/C16H25F2N3O3S/c1-6-9(2)14(19)15(22)20-12-8-13(11(18)7-10(12)17)25(23,24)21-16(3,4)5/h7-9,14,21H,6,19H2,1-5H3,(H,20,22). The Morgan fingerprint density at radius 3 is 2.28 bits per heavy atom. The van der Waals surface area contributed by atoms with E-state index in [-0.39, 0.29) is 5.92 Å². The topological polar surface area (TPSA) is 101 Å². The van der Waals surface area contributed by atoms with E-state index in [4.69, 9.17) is 5.73 Å². The number of anilines is 1. The summed E-state index contributed by atoms with van der Waals surface area (Å²) < 4.78 is 54.8. The summed E-state index contributed by atoms with van der Waals surface area (Å²) >= 11 is 0. The van der Waals surface area contributed by atoms with E-state index in [0.29, 0.717) is 12.5 Å². The van der Waals surface area contributed by atoms with Crippen LogP contribution in [0.3, 0.4) is 0 Å². The molecule has 0 saturated heterocycles. The lowest BCUT2D eigenvalue weighted by Gasteiger charge is -2.21. The maximum atomic E-state index is 14.0. The lowest BCUT2D eigenvalue weighted by atomic mass is 9.99. The monoisotopic (exact) mass is 377 g/mol. The van der Waals surface area contributed by atoms with Crippen molar-refractivity contribution in [3.8, 4) is 0 Å². The number of carbonyl (C=O) groups excluding carboxylic acids is 1. The molecule has 0 aliphatic rings. The van der Waals surface area contributed by atoms with Gasteiger partial charge in [-0.3, -0.25) is 4.79 Å². The highest BCUT2D eigenvalue weighted by Crippen LogP contribution is 2.24. The van der Waals surface area contributed by atoms with Gasteiger partial charge in [-0.25, -0.2) is 21.9 Å². The molecule has 25 heavy (non-hydrogen) atoms. The summed E-state index contributed by atoms with van der Waals surface area (Å²) in [6.07, 6.45) is 0.635. The molecule has 0 bridgehead atoms. The highest BCUT2D eigenvalue weighted by molar-refractivity contribution is 7.89. The molecule has 6 nitrogen and oxygen atoms in total. The van der Waals surface area contributed by atoms with Crippen LogP contribution in [0.25, 0.3) is 0 Å². The van der Waals surface area contributed by atoms with Crippen LogP contribution in [0, 0.1) is 17.6 Å². The van der Waals surface area contributed by atoms with Crippen LogP contribution in [0.2, 0.25) is 0 Å². The van der Waals surface area contributed by atoms with Crippen LogP contribution >= 0.6 is 0 Å². The second-order valence-electron chi connectivity index (χ2n) is 7.02. The van der Waals surface area contributed by atoms with Crippen LogP contribution in [0.5, 0.6) is 0 Å². The number of hydrogen-bond donors (Lipinski definition) is 3. The van der Waals surface area contributed by atoms with Crippen LogP contribution in [-0.4, -0.2) is 25.9 Å². The molecule has 0 aromatic heterocycles. The van der Waals surface area contributed by atoms with Gasteiger partial charge in [-0.1, -0.05) is 20.3 Å². The number of nitrogens with one attached hydrogen (secondary N) is 2. The zero-order valence-electron chi connectivity index (χ0n) is 15.0. The van der Waals surface area contributed by atoms with E-state index >= 15 is 0 Å². The van der Waals surface area contributed by atoms with Gasteiger partial charge in [0, 0.05) is 11.6 Å². The van der Waals surface area contributed by atoms with Crippen molar-refractivity contribution in [2.75, 3.05) is 5.32 Å². The van der Waals surface area contributed by atoms with E-state index in [9.17, 15) is 22.0 Å². The first-order chi connectivity index (χ1) is 11.3. The van der Waals surface area contributed by atoms with Crippen LogP contribution in [0.4, 0.5) is 14.5 Å². The van der Waals surface area contributed by atoms with E-state index in [1.807, 2.05) is 6.92 Å². The highest BCUT2D eigenvalue weighted by Gasteiger charge is 2.28. The van der Waals surface area contributed by atoms with Crippen molar-refractivity contribution in [3.05, 3.63) is 23.8 Å². The molecule has 1 rings (SSSR count). The average Bonchev–Trinajstić information content (AvgIpc) is 2.45. The van der Waals surface area contributed by atoms with Crippen molar-refractivity contribution in [1.82, 2.24) is 4.72 Å². The molecule has 0 aliphatic carbocycles. The van der Waals surface area contributed by atoms with Crippen LogP contribution in [0.1, 0.15) is 41.0 Å². The Morgan fingerprint density at radius 1 is 1.24 bits per heavy atom. The average molecular weight is 377 g/mol. The summed E-state index contributed by atoms with van der Waals surface area (Å²) in [7, 11) is -4.24. The maximum absolute atomic E-state index is 14.0. The number of amides is 1. The molecule has 0 saturated carbocycles. The summed E-state index contributed by atoms with van der Waals surface area (Å²) in [5.41, 5.74) is 4.46. The van der Waals surface area contributed by atoms with Crippen molar-refractivity contribution in [1.29, 1.82) is 0 Å². The van der Waals surface area contributed by atoms with Gasteiger partial charge >= 0.3 is 0 Å². The molecular formula is C16H25F2N3O3S. The van der Waals surface area contributed by atoms with Gasteiger partial charge in [-0.2, -0.15) is 0 Å². The van der Waals surface area contributed by atoms with Crippen molar-refractivity contribution < 1.29 is 22.0 Å². The van der Waals surface area contributed by atoms with Crippen LogP contribution < -0.4 is 15.8 Å². The normalized spacial score (nSPS) is 14.9. The third-order valence-electron chi connectivity index (χ3n) is 3.57. The number of halogens is 2. The van der Waals surface area contributed by atoms with Gasteiger partial charge in [-0.15, -0.1) is 0 Å². The van der Waals surface area contributed by atoms with Gasteiger partial charge in [0.15, 0.2) is 0 Å². The maximum Gasteiger partial charge on any atom is 0.244 e. The Bertz CT molecular complexity index is 746. The lowest BCUT2D eigenvalue weighted by Crippen LogP contribution is -2.41. The molecule has 0 aliphatic heterocycles. The molecule has 0 radical (unpaired) electrons. The second-order valence-corrected chi connectivity index (χ2v) is 8.67. The molecule has 1 aromatic rings. The van der Waals surface area contributed by atoms with Gasteiger partial charge in [0.1, 0.15) is 16.5 Å². The van der Waals surface area contributed by atoms with E-state index in [0.717, 1.165) is 6.07 Å². The molecule has 9 heteroatoms. The SMILES string of the molecule is CCC(C)C(N)C(=O)Nc1cc(S(=O)(=O)NC(C)(C)C)c(F)cc1F. The zero-order valence-corrected chi connectivity index (χ0v) is 15.8. The lowest BCUT2D eigenvalue weighted by molar-refractivity contribution is -0.118. The fourth-order valence-electron chi connectivity index (χ4n) is 2.02. The fourth-order valence-corrected chi connectivity index (χ4v) is 3.52. The number of benzene rings is 1. The fraction of sp³-hybridized carbons (Fsp3) is 0.562. The van der Waals surface area contributed by atoms with Crippen molar-refractivity contribution >= 4 is 21.6 Å². The highest BCUT2D eigenvalue weighted by atomic mass is 32.2. The molecule has 142 valence electrons. The minimum absolute atomic E-state index is 0.158. The van der Waals surface area contributed by atoms with Gasteiger partial charge in [0.25, 0.3) is 0 Å². The first-order valence-electron chi connectivity index (χ1n) is 7.88. The molecule has 1 amide bonds. The van der Waals surface area contributed by atoms with Crippen LogP contribution in [-0.2, 0) is 14.8 Å². The predicted molar refractivity (Wildman–Crippen MR) is 92.5 cm³/mol. The third-order valence-corrected chi connectivity index (χ3v) is 5.34. The number of carbonyl (C=O) groups is 1. The van der Waals surface area contributed by atoms with Gasteiger partial charge in [-0.05, 0) is 32.8 Å². The molecule has 2 atom stereocenters. The minimum Gasteiger partial charge on any atom is -0.322 e. The molecule has 2 unspecified atom stereocenters. The predicted octanol–water partition coefficient (Wildman–Crippen LogP) is 2.35. The Labute approximate surface area is 147 Å². The third kappa shape index (κ3) is 5.72. The molecular weight excluding hydrogens is 352 g/mol. The molecule has 0 fully saturated rings. The summed E-state index contributed by atoms with van der Waals surface area (Å²) in [4.78, 5) is 11.3. The van der Waals surface area contributed by atoms with E-state index in [1.165, 1.54) is 0 Å². The minimum atomic E-state index is -4.24. The largest absolute Gasteiger partial charge is 0.322 e. The smallest absolute Gasteiger partial charge is 0.244 e. The number of rotatable bonds is 6. The van der Waals surface area contributed by atoms with Crippen LogP contribution in [0.15, 0.2) is 17.0 Å². The first kappa shape index (κ1) is 21.5. The number of nitrogens with two attached hydrogens (primary N) is 1. The van der Waals surface area contributed by atoms with E-state index in [1.54, 1.807) is 27.7 Å². The van der Waals surface area contributed by atoms with Crippen molar-refractivity contribution in [2.45, 2.75) is 57.5 Å². The Morgan fingerprint density at radius 2 is 1.80 bits per heavy atom. The van der Waals surface area contributed by atoms with Crippen molar-refractivity contribution in [2.24, 2.45) is 11.7 Å². The molecule has 1 aromatic carbocycles. The summed E-state index contributed by atoms with van der Waals surface area (Å²) in [6.45, 7) is 8.35. The molecule has 0 spiro atoms. The number of hydrogen-bond acceptors (Lipinski definition) is 4. The van der Waals surface area contributed by atoms with E-state index < -0.39 is 49.7 Å². The quantitative estimate of drug-likeness (QED) is 0.708. The molecule has 4 N–H and O–H groups in total. The first-order valence-corrected chi connectivity index (χ1v) is 9.36. The summed E-state index contributed by atoms with van der Waals surface area (Å²) in [5.74, 6) is -3.17. The van der Waals surface area contributed by atoms with Gasteiger partial charge in [0.2, 0.25) is 15.9 Å². The van der Waals surface area contributed by atoms with Gasteiger partial charge in [0.05, 0.1) is 11.7 Å². The van der Waals surface area contributed by atoms with Crippen molar-refractivity contribution in [3.63, 3.8) is 0 Å². The Hall–Kier alpha value is -1.58. The Balaban J connectivity index is 3.22. The summed E-state index contributed by atoms with van der Waals surface area (Å²) in [5, 5.41) is 2.23. The van der Waals surface area contributed by atoms with E-state index in [2.05, 4.69) is 10.0 Å². The summed E-state index contributed by atoms with van der Waals surface area (Å²) in [6, 6.07) is 0.268. The molecule has 0 heterocycles.